The summed E-state index contributed by atoms with van der Waals surface area (Å²) in [6, 6.07) is -0.210. The van der Waals surface area contributed by atoms with Gasteiger partial charge in [-0.3, -0.25) is 0 Å². The van der Waals surface area contributed by atoms with Crippen molar-refractivity contribution in [2.45, 2.75) is 38.5 Å². The van der Waals surface area contributed by atoms with Crippen LogP contribution in [0.5, 0.6) is 0 Å². The topological polar surface area (TPSA) is 43.8 Å². The van der Waals surface area contributed by atoms with Crippen molar-refractivity contribution in [3.63, 3.8) is 0 Å². The van der Waals surface area contributed by atoms with Gasteiger partial charge in [0, 0.05) is 25.2 Å². The van der Waals surface area contributed by atoms with Crippen molar-refractivity contribution in [1.82, 2.24) is 9.55 Å². The van der Waals surface area contributed by atoms with Crippen molar-refractivity contribution in [2.75, 3.05) is 0 Å². The quantitative estimate of drug-likeness (QED) is 0.847. The van der Waals surface area contributed by atoms with Gasteiger partial charge in [-0.2, -0.15) is 13.2 Å². The van der Waals surface area contributed by atoms with Gasteiger partial charge in [0.25, 0.3) is 0 Å². The maximum absolute atomic E-state index is 11.9. The van der Waals surface area contributed by atoms with Crippen LogP contribution in [0.15, 0.2) is 12.5 Å². The molecule has 6 heteroatoms. The maximum atomic E-state index is 11.9. The second kappa shape index (κ2) is 4.65. The summed E-state index contributed by atoms with van der Waals surface area (Å²) in [6.07, 6.45) is -1.72. The number of hydrogen-bond donors (Lipinski definition) is 1. The fourth-order valence-electron chi connectivity index (χ4n) is 1.35. The molecule has 0 aromatic carbocycles. The van der Waals surface area contributed by atoms with Crippen molar-refractivity contribution in [3.05, 3.63) is 18.2 Å². The van der Waals surface area contributed by atoms with E-state index in [9.17, 15) is 13.2 Å². The lowest BCUT2D eigenvalue weighted by Crippen LogP contribution is -2.14. The van der Waals surface area contributed by atoms with Gasteiger partial charge in [0.05, 0.1) is 12.0 Å². The Morgan fingerprint density at radius 3 is 2.73 bits per heavy atom. The summed E-state index contributed by atoms with van der Waals surface area (Å²) in [6.45, 7) is 2.08. The first-order chi connectivity index (χ1) is 6.90. The molecule has 0 saturated carbocycles. The molecule has 0 aliphatic carbocycles. The van der Waals surface area contributed by atoms with Crippen LogP contribution in [-0.2, 0) is 6.54 Å². The molecule has 0 spiro atoms. The minimum atomic E-state index is -4.09. The largest absolute Gasteiger partial charge is 0.389 e. The number of hydrogen-bond acceptors (Lipinski definition) is 2. The Morgan fingerprint density at radius 1 is 1.53 bits per heavy atom. The van der Waals surface area contributed by atoms with E-state index in [1.54, 1.807) is 17.7 Å². The molecule has 0 radical (unpaired) electrons. The first kappa shape index (κ1) is 12.0. The van der Waals surface area contributed by atoms with E-state index >= 15 is 0 Å². The number of rotatable bonds is 4. The SMILES string of the molecule is CC(N)c1cncn1CCCC(F)(F)F. The summed E-state index contributed by atoms with van der Waals surface area (Å²) in [5, 5.41) is 0. The number of alkyl halides is 3. The normalized spacial score (nSPS) is 14.2. The molecule has 15 heavy (non-hydrogen) atoms. The highest BCUT2D eigenvalue weighted by Crippen LogP contribution is 2.22. The van der Waals surface area contributed by atoms with Gasteiger partial charge in [0.15, 0.2) is 0 Å². The van der Waals surface area contributed by atoms with E-state index in [1.165, 1.54) is 6.33 Å². The van der Waals surface area contributed by atoms with E-state index in [1.807, 2.05) is 0 Å². The third-order valence-corrected chi connectivity index (χ3v) is 2.07. The van der Waals surface area contributed by atoms with Gasteiger partial charge < -0.3 is 10.3 Å². The summed E-state index contributed by atoms with van der Waals surface area (Å²) in [7, 11) is 0. The molecule has 1 heterocycles. The van der Waals surface area contributed by atoms with Gasteiger partial charge in [-0.25, -0.2) is 4.98 Å². The third-order valence-electron chi connectivity index (χ3n) is 2.07. The predicted octanol–water partition coefficient (Wildman–Crippen LogP) is 2.25. The Morgan fingerprint density at radius 2 is 2.20 bits per heavy atom. The van der Waals surface area contributed by atoms with Crippen LogP contribution in [0.1, 0.15) is 31.5 Å². The average Bonchev–Trinajstić information content (AvgIpc) is 2.49. The Hall–Kier alpha value is -1.04. The first-order valence-electron chi connectivity index (χ1n) is 4.72. The molecule has 0 aliphatic rings. The van der Waals surface area contributed by atoms with Gasteiger partial charge in [0.1, 0.15) is 0 Å². The van der Waals surface area contributed by atoms with E-state index in [2.05, 4.69) is 4.98 Å². The molecule has 1 atom stereocenters. The number of aromatic nitrogens is 2. The zero-order valence-corrected chi connectivity index (χ0v) is 8.46. The van der Waals surface area contributed by atoms with Gasteiger partial charge in [0.2, 0.25) is 0 Å². The molecule has 0 bridgehead atoms. The number of imidazole rings is 1. The summed E-state index contributed by atoms with van der Waals surface area (Å²) < 4.78 is 37.3. The van der Waals surface area contributed by atoms with Crippen LogP contribution < -0.4 is 5.73 Å². The van der Waals surface area contributed by atoms with Crippen molar-refractivity contribution in [1.29, 1.82) is 0 Å². The Labute approximate surface area is 86.1 Å². The standard InChI is InChI=1S/C9H14F3N3/c1-7(13)8-5-14-6-15(8)4-2-3-9(10,11)12/h5-7H,2-4,13H2,1H3. The molecule has 0 aliphatic heterocycles. The summed E-state index contributed by atoms with van der Waals surface area (Å²) in [5.74, 6) is 0. The highest BCUT2D eigenvalue weighted by atomic mass is 19.4. The van der Waals surface area contributed by atoms with Crippen LogP contribution in [0.4, 0.5) is 13.2 Å². The molecular formula is C9H14F3N3. The van der Waals surface area contributed by atoms with Gasteiger partial charge in [-0.15, -0.1) is 0 Å². The van der Waals surface area contributed by atoms with Crippen molar-refractivity contribution < 1.29 is 13.2 Å². The minimum absolute atomic E-state index is 0.0551. The Kier molecular flexibility index (Phi) is 3.73. The minimum Gasteiger partial charge on any atom is -0.333 e. The summed E-state index contributed by atoms with van der Waals surface area (Å²) in [4.78, 5) is 3.86. The molecule has 86 valence electrons. The van der Waals surface area contributed by atoms with Gasteiger partial charge >= 0.3 is 6.18 Å². The molecule has 0 saturated heterocycles. The molecule has 0 fully saturated rings. The maximum Gasteiger partial charge on any atom is 0.389 e. The smallest absolute Gasteiger partial charge is 0.333 e. The lowest BCUT2D eigenvalue weighted by atomic mass is 10.2. The molecule has 1 aromatic heterocycles. The second-order valence-corrected chi connectivity index (χ2v) is 3.52. The fourth-order valence-corrected chi connectivity index (χ4v) is 1.35. The number of nitrogens with zero attached hydrogens (tertiary/aromatic N) is 2. The van der Waals surface area contributed by atoms with Crippen molar-refractivity contribution in [3.8, 4) is 0 Å². The Bertz CT molecular complexity index is 304. The van der Waals surface area contributed by atoms with Gasteiger partial charge in [-0.05, 0) is 13.3 Å². The molecule has 0 amide bonds. The van der Waals surface area contributed by atoms with Crippen LogP contribution in [0.3, 0.4) is 0 Å². The van der Waals surface area contributed by atoms with Gasteiger partial charge in [-0.1, -0.05) is 0 Å². The lowest BCUT2D eigenvalue weighted by Gasteiger charge is -2.11. The highest BCUT2D eigenvalue weighted by Gasteiger charge is 2.26. The van der Waals surface area contributed by atoms with E-state index < -0.39 is 12.6 Å². The van der Waals surface area contributed by atoms with E-state index in [0.29, 0.717) is 6.54 Å². The lowest BCUT2D eigenvalue weighted by molar-refractivity contribution is -0.135. The summed E-state index contributed by atoms with van der Waals surface area (Å²) in [5.41, 5.74) is 6.39. The average molecular weight is 221 g/mol. The molecular weight excluding hydrogens is 207 g/mol. The molecule has 2 N–H and O–H groups in total. The van der Waals surface area contributed by atoms with Crippen LogP contribution in [-0.4, -0.2) is 15.7 Å². The molecule has 1 unspecified atom stereocenters. The number of halogens is 3. The van der Waals surface area contributed by atoms with Crippen LogP contribution in [0, 0.1) is 0 Å². The summed E-state index contributed by atoms with van der Waals surface area (Å²) >= 11 is 0. The van der Waals surface area contributed by atoms with E-state index in [0.717, 1.165) is 5.69 Å². The second-order valence-electron chi connectivity index (χ2n) is 3.52. The third kappa shape index (κ3) is 3.91. The van der Waals surface area contributed by atoms with Crippen molar-refractivity contribution >= 4 is 0 Å². The number of nitrogens with two attached hydrogens (primary N) is 1. The first-order valence-corrected chi connectivity index (χ1v) is 4.72. The zero-order valence-electron chi connectivity index (χ0n) is 8.46. The fraction of sp³-hybridized carbons (Fsp3) is 0.667. The molecule has 1 rings (SSSR count). The predicted molar refractivity (Wildman–Crippen MR) is 50.1 cm³/mol. The van der Waals surface area contributed by atoms with Crippen molar-refractivity contribution in [2.24, 2.45) is 5.73 Å². The van der Waals surface area contributed by atoms with Crippen LogP contribution in [0.25, 0.3) is 0 Å². The van der Waals surface area contributed by atoms with E-state index in [-0.39, 0.29) is 12.5 Å². The van der Waals surface area contributed by atoms with Crippen LogP contribution >= 0.6 is 0 Å². The number of aryl methyl sites for hydroxylation is 1. The Balaban J connectivity index is 2.47. The molecule has 1 aromatic rings. The monoisotopic (exact) mass is 221 g/mol. The zero-order chi connectivity index (χ0) is 11.5. The highest BCUT2D eigenvalue weighted by molar-refractivity contribution is 5.02. The van der Waals surface area contributed by atoms with Crippen LogP contribution in [0.2, 0.25) is 0 Å². The molecule has 3 nitrogen and oxygen atoms in total. The van der Waals surface area contributed by atoms with E-state index in [4.69, 9.17) is 5.73 Å².